The number of para-hydroxylation sites is 1. The van der Waals surface area contributed by atoms with Crippen molar-refractivity contribution in [2.75, 3.05) is 31.3 Å². The van der Waals surface area contributed by atoms with Gasteiger partial charge in [0.05, 0.1) is 4.92 Å². The Morgan fingerprint density at radius 2 is 2.14 bits per heavy atom. The van der Waals surface area contributed by atoms with Crippen molar-refractivity contribution in [3.8, 4) is 0 Å². The second-order valence-electron chi connectivity index (χ2n) is 5.23. The zero-order valence-electron chi connectivity index (χ0n) is 12.1. The molecule has 7 nitrogen and oxygen atoms in total. The van der Waals surface area contributed by atoms with E-state index < -0.39 is 14.8 Å². The Morgan fingerprint density at radius 1 is 1.43 bits per heavy atom. The summed E-state index contributed by atoms with van der Waals surface area (Å²) in [5.74, 6) is 0. The number of nitrogens with one attached hydrogen (secondary N) is 1. The number of rotatable bonds is 4. The third-order valence-corrected chi connectivity index (χ3v) is 4.86. The van der Waals surface area contributed by atoms with Gasteiger partial charge < -0.3 is 10.2 Å². The highest BCUT2D eigenvalue weighted by Crippen LogP contribution is 2.35. The van der Waals surface area contributed by atoms with E-state index in [1.165, 1.54) is 6.07 Å². The molecule has 0 amide bonds. The Labute approximate surface area is 124 Å². The predicted molar refractivity (Wildman–Crippen MR) is 80.5 cm³/mol. The number of nitro groups is 1. The Kier molecular flexibility index (Phi) is 4.48. The fraction of sp³-hybridized carbons (Fsp3) is 0.538. The Hall–Kier alpha value is -1.67. The SMILES string of the molecule is CNC1CCCN(c2cccc(S(C)(=O)=O)c2[N+](=O)[O-])C1. The molecule has 0 spiro atoms. The topological polar surface area (TPSA) is 92.6 Å². The summed E-state index contributed by atoms with van der Waals surface area (Å²) in [6.45, 7) is 1.32. The van der Waals surface area contributed by atoms with Gasteiger partial charge in [0, 0.05) is 25.4 Å². The van der Waals surface area contributed by atoms with Crippen LogP contribution >= 0.6 is 0 Å². The fourth-order valence-electron chi connectivity index (χ4n) is 2.68. The Morgan fingerprint density at radius 3 is 2.71 bits per heavy atom. The molecule has 116 valence electrons. The first-order chi connectivity index (χ1) is 9.84. The van der Waals surface area contributed by atoms with E-state index in [9.17, 15) is 18.5 Å². The number of anilines is 1. The van der Waals surface area contributed by atoms with E-state index in [4.69, 9.17) is 0 Å². The molecule has 1 saturated heterocycles. The number of benzene rings is 1. The Balaban J connectivity index is 2.51. The first-order valence-corrected chi connectivity index (χ1v) is 8.63. The van der Waals surface area contributed by atoms with Gasteiger partial charge in [-0.25, -0.2) is 8.42 Å². The lowest BCUT2D eigenvalue weighted by atomic mass is 10.0. The van der Waals surface area contributed by atoms with Crippen molar-refractivity contribution in [3.63, 3.8) is 0 Å². The smallest absolute Gasteiger partial charge is 0.311 e. The minimum atomic E-state index is -3.64. The maximum atomic E-state index is 11.8. The maximum absolute atomic E-state index is 11.8. The van der Waals surface area contributed by atoms with Gasteiger partial charge in [-0.2, -0.15) is 0 Å². The number of hydrogen-bond acceptors (Lipinski definition) is 6. The third kappa shape index (κ3) is 3.33. The van der Waals surface area contributed by atoms with Gasteiger partial charge in [0.25, 0.3) is 0 Å². The third-order valence-electron chi connectivity index (χ3n) is 3.73. The number of sulfone groups is 1. The van der Waals surface area contributed by atoms with Crippen molar-refractivity contribution in [1.82, 2.24) is 5.32 Å². The van der Waals surface area contributed by atoms with Crippen molar-refractivity contribution in [2.24, 2.45) is 0 Å². The van der Waals surface area contributed by atoms with Gasteiger partial charge in [-0.3, -0.25) is 10.1 Å². The van der Waals surface area contributed by atoms with Crippen LogP contribution in [0.3, 0.4) is 0 Å². The molecular formula is C13H19N3O4S. The first-order valence-electron chi connectivity index (χ1n) is 6.74. The molecule has 2 rings (SSSR count). The van der Waals surface area contributed by atoms with E-state index in [1.807, 2.05) is 11.9 Å². The summed E-state index contributed by atoms with van der Waals surface area (Å²) in [6.07, 6.45) is 2.91. The molecule has 0 saturated carbocycles. The largest absolute Gasteiger partial charge is 0.364 e. The van der Waals surface area contributed by atoms with Crippen LogP contribution in [0, 0.1) is 10.1 Å². The standard InChI is InChI=1S/C13H19N3O4S/c1-14-10-5-4-8-15(9-10)11-6-3-7-12(21(2,19)20)13(11)16(17)18/h3,6-7,10,14H,4-5,8-9H2,1-2H3. The minimum Gasteiger partial charge on any atom is -0.364 e. The van der Waals surface area contributed by atoms with Crippen LogP contribution in [0.4, 0.5) is 11.4 Å². The lowest BCUT2D eigenvalue weighted by Gasteiger charge is -2.34. The molecule has 1 aromatic carbocycles. The van der Waals surface area contributed by atoms with E-state index >= 15 is 0 Å². The summed E-state index contributed by atoms with van der Waals surface area (Å²) >= 11 is 0. The van der Waals surface area contributed by atoms with Crippen molar-refractivity contribution >= 4 is 21.2 Å². The number of nitro benzene ring substituents is 1. The molecule has 21 heavy (non-hydrogen) atoms. The molecule has 1 aliphatic rings. The molecule has 1 heterocycles. The molecule has 1 aliphatic heterocycles. The second kappa shape index (κ2) is 5.98. The van der Waals surface area contributed by atoms with Crippen molar-refractivity contribution in [2.45, 2.75) is 23.8 Å². The summed E-state index contributed by atoms with van der Waals surface area (Å²) in [6, 6.07) is 4.71. The van der Waals surface area contributed by atoms with Crippen molar-refractivity contribution in [3.05, 3.63) is 28.3 Å². The second-order valence-corrected chi connectivity index (χ2v) is 7.21. The van der Waals surface area contributed by atoms with Gasteiger partial charge in [-0.15, -0.1) is 0 Å². The molecule has 8 heteroatoms. The molecule has 1 unspecified atom stereocenters. The molecule has 0 aliphatic carbocycles. The zero-order valence-corrected chi connectivity index (χ0v) is 12.9. The number of piperidine rings is 1. The lowest BCUT2D eigenvalue weighted by Crippen LogP contribution is -2.44. The van der Waals surface area contributed by atoms with Crippen LogP contribution in [-0.2, 0) is 9.84 Å². The highest BCUT2D eigenvalue weighted by atomic mass is 32.2. The fourth-order valence-corrected chi connectivity index (χ4v) is 3.54. The van der Waals surface area contributed by atoms with E-state index in [-0.39, 0.29) is 16.6 Å². The van der Waals surface area contributed by atoms with Crippen LogP contribution < -0.4 is 10.2 Å². The maximum Gasteiger partial charge on any atom is 0.311 e. The summed E-state index contributed by atoms with van der Waals surface area (Å²) in [5, 5.41) is 14.5. The van der Waals surface area contributed by atoms with Crippen LogP contribution in [0.2, 0.25) is 0 Å². The van der Waals surface area contributed by atoms with Crippen LogP contribution in [0.25, 0.3) is 0 Å². The van der Waals surface area contributed by atoms with Gasteiger partial charge in [0.15, 0.2) is 9.84 Å². The zero-order chi connectivity index (χ0) is 15.6. The lowest BCUT2D eigenvalue weighted by molar-refractivity contribution is -0.387. The van der Waals surface area contributed by atoms with Crippen LogP contribution in [0.5, 0.6) is 0 Å². The average molecular weight is 313 g/mol. The average Bonchev–Trinajstić information content (AvgIpc) is 2.45. The monoisotopic (exact) mass is 313 g/mol. The Bertz CT molecular complexity index is 645. The van der Waals surface area contributed by atoms with Gasteiger partial charge >= 0.3 is 5.69 Å². The van der Waals surface area contributed by atoms with Crippen molar-refractivity contribution < 1.29 is 13.3 Å². The molecular weight excluding hydrogens is 294 g/mol. The van der Waals surface area contributed by atoms with Crippen LogP contribution in [0.15, 0.2) is 23.1 Å². The van der Waals surface area contributed by atoms with Gasteiger partial charge in [-0.05, 0) is 32.0 Å². The van der Waals surface area contributed by atoms with E-state index in [0.717, 1.165) is 19.1 Å². The van der Waals surface area contributed by atoms with Crippen molar-refractivity contribution in [1.29, 1.82) is 0 Å². The van der Waals surface area contributed by atoms with Gasteiger partial charge in [0.1, 0.15) is 10.6 Å². The highest BCUT2D eigenvalue weighted by molar-refractivity contribution is 7.90. The van der Waals surface area contributed by atoms with Crippen LogP contribution in [0.1, 0.15) is 12.8 Å². The van der Waals surface area contributed by atoms with Crippen LogP contribution in [-0.4, -0.2) is 45.8 Å². The number of hydrogen-bond donors (Lipinski definition) is 1. The normalized spacial score (nSPS) is 19.5. The molecule has 0 aromatic heterocycles. The van der Waals surface area contributed by atoms with E-state index in [1.54, 1.807) is 12.1 Å². The quantitative estimate of drug-likeness (QED) is 0.663. The molecule has 0 radical (unpaired) electrons. The molecule has 1 atom stereocenters. The first kappa shape index (κ1) is 15.7. The highest BCUT2D eigenvalue weighted by Gasteiger charge is 2.30. The minimum absolute atomic E-state index is 0.225. The summed E-state index contributed by atoms with van der Waals surface area (Å²) < 4.78 is 23.6. The number of nitrogens with zero attached hydrogens (tertiary/aromatic N) is 2. The summed E-state index contributed by atoms with van der Waals surface area (Å²) in [5.41, 5.74) is 0.0552. The molecule has 1 fully saturated rings. The summed E-state index contributed by atoms with van der Waals surface area (Å²) in [7, 11) is -1.79. The molecule has 1 N–H and O–H groups in total. The summed E-state index contributed by atoms with van der Waals surface area (Å²) in [4.78, 5) is 12.4. The van der Waals surface area contributed by atoms with E-state index in [2.05, 4.69) is 5.32 Å². The predicted octanol–water partition coefficient (Wildman–Crippen LogP) is 1.19. The number of likely N-dealkylation sites (N-methyl/N-ethyl adjacent to an activating group) is 1. The molecule has 0 bridgehead atoms. The van der Waals surface area contributed by atoms with E-state index in [0.29, 0.717) is 18.8 Å². The van der Waals surface area contributed by atoms with Gasteiger partial charge in [-0.1, -0.05) is 6.07 Å². The molecule has 1 aromatic rings. The van der Waals surface area contributed by atoms with Gasteiger partial charge in [0.2, 0.25) is 0 Å².